The molecule has 2 aliphatic rings. The highest BCUT2D eigenvalue weighted by Gasteiger charge is 2.45. The van der Waals surface area contributed by atoms with Gasteiger partial charge in [-0.25, -0.2) is 4.79 Å². The van der Waals surface area contributed by atoms with Crippen LogP contribution in [0.2, 0.25) is 5.02 Å². The van der Waals surface area contributed by atoms with Gasteiger partial charge in [-0.3, -0.25) is 4.99 Å². The Kier molecular flexibility index (Phi) is 6.81. The summed E-state index contributed by atoms with van der Waals surface area (Å²) in [4.78, 5) is 16.7. The number of hydrogen-bond donors (Lipinski definition) is 2. The average molecular weight is 440 g/mol. The molecule has 0 aromatic heterocycles. The Hall–Kier alpha value is -2.53. The van der Waals surface area contributed by atoms with Gasteiger partial charge in [0.15, 0.2) is 0 Å². The van der Waals surface area contributed by atoms with Crippen molar-refractivity contribution in [1.82, 2.24) is 10.6 Å². The van der Waals surface area contributed by atoms with Gasteiger partial charge < -0.3 is 15.4 Å². The first-order valence-corrected chi connectivity index (χ1v) is 11.6. The minimum atomic E-state index is -0.153. The van der Waals surface area contributed by atoms with Gasteiger partial charge in [-0.05, 0) is 61.1 Å². The van der Waals surface area contributed by atoms with Crippen LogP contribution in [0.5, 0.6) is 5.75 Å². The molecule has 0 bridgehead atoms. The van der Waals surface area contributed by atoms with Crippen LogP contribution in [0, 0.1) is 0 Å². The average Bonchev–Trinajstić information content (AvgIpc) is 2.76. The standard InChI is InChI=1S/C25H30ClN3O2/c1-2-13-28-24(30)29-15-16-31-21-9-4-18-10-14-27-23(22(18)17-21)25(11-3-12-25)19-5-7-20(26)8-6-19/h4-9,17H,2-3,10-16H2,1H3,(H2,28,29,30). The van der Waals surface area contributed by atoms with Gasteiger partial charge in [-0.15, -0.1) is 0 Å². The maximum absolute atomic E-state index is 11.7. The quantitative estimate of drug-likeness (QED) is 0.575. The van der Waals surface area contributed by atoms with Crippen LogP contribution in [0.3, 0.4) is 0 Å². The van der Waals surface area contributed by atoms with Crippen molar-refractivity contribution < 1.29 is 9.53 Å². The van der Waals surface area contributed by atoms with Crippen LogP contribution in [0.4, 0.5) is 4.79 Å². The van der Waals surface area contributed by atoms with Crippen LogP contribution < -0.4 is 15.4 Å². The zero-order valence-electron chi connectivity index (χ0n) is 18.0. The van der Waals surface area contributed by atoms with Crippen LogP contribution >= 0.6 is 11.6 Å². The number of aliphatic imine (C=N–C) groups is 1. The number of carbonyl (C=O) groups excluding carboxylic acids is 1. The second-order valence-corrected chi connectivity index (χ2v) is 8.71. The summed E-state index contributed by atoms with van der Waals surface area (Å²) in [6.45, 7) is 4.41. The molecule has 2 aromatic rings. The number of nitrogens with zero attached hydrogens (tertiary/aromatic N) is 1. The molecule has 1 aliphatic heterocycles. The van der Waals surface area contributed by atoms with Gasteiger partial charge in [0.1, 0.15) is 12.4 Å². The molecular formula is C25H30ClN3O2. The normalized spacial score (nSPS) is 16.5. The number of fused-ring (bicyclic) bond motifs is 1. The summed E-state index contributed by atoms with van der Waals surface area (Å²) in [5.41, 5.74) is 4.98. The number of ether oxygens (including phenoxy) is 1. The summed E-state index contributed by atoms with van der Waals surface area (Å²) in [6, 6.07) is 14.4. The lowest BCUT2D eigenvalue weighted by Crippen LogP contribution is -2.44. The van der Waals surface area contributed by atoms with Crippen molar-refractivity contribution in [3.8, 4) is 5.75 Å². The number of nitrogens with one attached hydrogen (secondary N) is 2. The van der Waals surface area contributed by atoms with E-state index >= 15 is 0 Å². The molecule has 2 aromatic carbocycles. The molecule has 31 heavy (non-hydrogen) atoms. The van der Waals surface area contributed by atoms with Crippen LogP contribution in [0.25, 0.3) is 0 Å². The third-order valence-corrected chi connectivity index (χ3v) is 6.49. The van der Waals surface area contributed by atoms with E-state index in [4.69, 9.17) is 21.3 Å². The van der Waals surface area contributed by atoms with Crippen LogP contribution in [-0.4, -0.2) is 38.0 Å². The molecule has 1 saturated carbocycles. The van der Waals surface area contributed by atoms with E-state index in [1.54, 1.807) is 0 Å². The number of urea groups is 1. The summed E-state index contributed by atoms with van der Waals surface area (Å²) in [6.07, 6.45) is 5.29. The van der Waals surface area contributed by atoms with Gasteiger partial charge in [0.2, 0.25) is 0 Å². The predicted molar refractivity (Wildman–Crippen MR) is 126 cm³/mol. The molecule has 2 amide bonds. The highest BCUT2D eigenvalue weighted by molar-refractivity contribution is 6.30. The summed E-state index contributed by atoms with van der Waals surface area (Å²) in [7, 11) is 0. The first kappa shape index (κ1) is 21.7. The first-order valence-electron chi connectivity index (χ1n) is 11.2. The van der Waals surface area contributed by atoms with E-state index in [9.17, 15) is 4.79 Å². The van der Waals surface area contributed by atoms with Crippen molar-refractivity contribution in [1.29, 1.82) is 0 Å². The summed E-state index contributed by atoms with van der Waals surface area (Å²) in [5.74, 6) is 0.815. The number of hydrogen-bond acceptors (Lipinski definition) is 3. The summed E-state index contributed by atoms with van der Waals surface area (Å²) in [5, 5.41) is 6.38. The zero-order valence-corrected chi connectivity index (χ0v) is 18.8. The third-order valence-electron chi connectivity index (χ3n) is 6.24. The van der Waals surface area contributed by atoms with Crippen LogP contribution in [0.1, 0.15) is 49.3 Å². The molecule has 2 N–H and O–H groups in total. The Morgan fingerprint density at radius 2 is 1.90 bits per heavy atom. The Morgan fingerprint density at radius 3 is 2.61 bits per heavy atom. The van der Waals surface area contributed by atoms with Crippen LogP contribution in [-0.2, 0) is 11.8 Å². The lowest BCUT2D eigenvalue weighted by Gasteiger charge is -2.45. The van der Waals surface area contributed by atoms with E-state index in [1.807, 2.05) is 25.1 Å². The summed E-state index contributed by atoms with van der Waals surface area (Å²) < 4.78 is 5.95. The van der Waals surface area contributed by atoms with Gasteiger partial charge in [0, 0.05) is 29.1 Å². The minimum absolute atomic E-state index is 0.0305. The van der Waals surface area contributed by atoms with Gasteiger partial charge in [0.05, 0.1) is 12.3 Å². The first-order chi connectivity index (χ1) is 15.1. The van der Waals surface area contributed by atoms with Crippen molar-refractivity contribution in [2.45, 2.75) is 44.4 Å². The number of amides is 2. The zero-order chi connectivity index (χ0) is 21.7. The topological polar surface area (TPSA) is 62.7 Å². The third kappa shape index (κ3) is 4.72. The Morgan fingerprint density at radius 1 is 1.13 bits per heavy atom. The number of rotatable bonds is 8. The maximum Gasteiger partial charge on any atom is 0.314 e. The molecule has 1 fully saturated rings. The van der Waals surface area contributed by atoms with Gasteiger partial charge in [-0.2, -0.15) is 0 Å². The van der Waals surface area contributed by atoms with Crippen molar-refractivity contribution in [2.24, 2.45) is 4.99 Å². The second-order valence-electron chi connectivity index (χ2n) is 8.27. The number of halogens is 1. The molecule has 0 unspecified atom stereocenters. The van der Waals surface area contributed by atoms with E-state index in [0.29, 0.717) is 19.7 Å². The molecule has 5 nitrogen and oxygen atoms in total. The maximum atomic E-state index is 11.7. The molecule has 4 rings (SSSR count). The molecule has 0 saturated heterocycles. The minimum Gasteiger partial charge on any atom is -0.492 e. The van der Waals surface area contributed by atoms with Crippen molar-refractivity contribution in [3.05, 3.63) is 64.2 Å². The monoisotopic (exact) mass is 439 g/mol. The Labute approximate surface area is 189 Å². The van der Waals surface area contributed by atoms with E-state index < -0.39 is 0 Å². The molecule has 0 radical (unpaired) electrons. The molecule has 0 spiro atoms. The fraction of sp³-hybridized carbons (Fsp3) is 0.440. The highest BCUT2D eigenvalue weighted by atomic mass is 35.5. The van der Waals surface area contributed by atoms with E-state index in [2.05, 4.69) is 34.9 Å². The SMILES string of the molecule is CCCNC(=O)NCCOc1ccc2c(c1)C(C1(c3ccc(Cl)cc3)CCC1)=NCC2. The fourth-order valence-corrected chi connectivity index (χ4v) is 4.59. The van der Waals surface area contributed by atoms with Crippen molar-refractivity contribution >= 4 is 23.3 Å². The lowest BCUT2D eigenvalue weighted by atomic mass is 9.59. The Bertz CT molecular complexity index is 952. The lowest BCUT2D eigenvalue weighted by molar-refractivity contribution is 0.236. The van der Waals surface area contributed by atoms with Gasteiger partial charge >= 0.3 is 6.03 Å². The highest BCUT2D eigenvalue weighted by Crippen LogP contribution is 2.48. The van der Waals surface area contributed by atoms with Gasteiger partial charge in [-0.1, -0.05) is 43.1 Å². The fourth-order valence-electron chi connectivity index (χ4n) is 4.46. The Balaban J connectivity index is 1.48. The molecule has 1 heterocycles. The molecule has 6 heteroatoms. The molecule has 164 valence electrons. The van der Waals surface area contributed by atoms with Crippen molar-refractivity contribution in [2.75, 3.05) is 26.2 Å². The largest absolute Gasteiger partial charge is 0.492 e. The molecule has 0 atom stereocenters. The van der Waals surface area contributed by atoms with E-state index in [1.165, 1.54) is 28.8 Å². The molecular weight excluding hydrogens is 410 g/mol. The van der Waals surface area contributed by atoms with E-state index in [0.717, 1.165) is 43.0 Å². The smallest absolute Gasteiger partial charge is 0.314 e. The van der Waals surface area contributed by atoms with Crippen molar-refractivity contribution in [3.63, 3.8) is 0 Å². The summed E-state index contributed by atoms with van der Waals surface area (Å²) >= 11 is 6.14. The van der Waals surface area contributed by atoms with E-state index in [-0.39, 0.29) is 11.4 Å². The number of carbonyl (C=O) groups is 1. The van der Waals surface area contributed by atoms with Gasteiger partial charge in [0.25, 0.3) is 0 Å². The second kappa shape index (κ2) is 9.73. The molecule has 1 aliphatic carbocycles. The van der Waals surface area contributed by atoms with Crippen LogP contribution in [0.15, 0.2) is 47.5 Å². The predicted octanol–water partition coefficient (Wildman–Crippen LogP) is 4.90. The number of benzene rings is 2.